The molecule has 19 heavy (non-hydrogen) atoms. The Kier molecular flexibility index (Phi) is 1.42. The smallest absolute Gasteiger partial charge is 0.123 e. The SMILES string of the molecule is [2H]C([2H])([2H])N(C([2H])([2H])[2H])C(C)(C)C([2H])([2H])n1ccc2c3c(ccc21)OCC3. The first kappa shape index (κ1) is 6.31. The van der Waals surface area contributed by atoms with Crippen LogP contribution in [0.4, 0.5) is 0 Å². The number of hydrogen-bond acceptors (Lipinski definition) is 2. The highest BCUT2D eigenvalue weighted by molar-refractivity contribution is 5.86. The van der Waals surface area contributed by atoms with Crippen LogP contribution < -0.4 is 4.74 Å². The highest BCUT2D eigenvalue weighted by Crippen LogP contribution is 2.33. The molecule has 0 radical (unpaired) electrons. The molecular formula is C16H22N2O. The summed E-state index contributed by atoms with van der Waals surface area (Å²) in [5.41, 5.74) is -0.331. The molecule has 0 saturated carbocycles. The van der Waals surface area contributed by atoms with Crippen molar-refractivity contribution in [2.24, 2.45) is 0 Å². The Morgan fingerprint density at radius 1 is 1.42 bits per heavy atom. The quantitative estimate of drug-likeness (QED) is 0.850. The van der Waals surface area contributed by atoms with Gasteiger partial charge in [0.15, 0.2) is 0 Å². The van der Waals surface area contributed by atoms with Crippen molar-refractivity contribution in [2.75, 3.05) is 20.6 Å². The zero-order valence-corrected chi connectivity index (χ0v) is 11.0. The summed E-state index contributed by atoms with van der Waals surface area (Å²) in [7, 11) is 0. The van der Waals surface area contributed by atoms with E-state index in [1.165, 1.54) is 24.6 Å². The molecule has 0 atom stereocenters. The number of fused-ring (bicyclic) bond motifs is 3. The predicted octanol–water partition coefficient (Wildman–Crippen LogP) is 2.92. The molecule has 1 aliphatic rings. The van der Waals surface area contributed by atoms with Crippen molar-refractivity contribution in [1.82, 2.24) is 9.47 Å². The van der Waals surface area contributed by atoms with Crippen molar-refractivity contribution in [3.63, 3.8) is 0 Å². The first-order valence-corrected chi connectivity index (χ1v) is 6.26. The maximum absolute atomic E-state index is 8.71. The number of benzene rings is 1. The number of likely N-dealkylation sites (N-methyl/N-ethyl adjacent to an activating group) is 1. The third-order valence-corrected chi connectivity index (χ3v) is 3.50. The minimum absolute atomic E-state index is 0.301. The van der Waals surface area contributed by atoms with Gasteiger partial charge in [0.25, 0.3) is 0 Å². The third kappa shape index (κ3) is 2.02. The molecule has 0 spiro atoms. The van der Waals surface area contributed by atoms with Gasteiger partial charge in [-0.3, -0.25) is 0 Å². The summed E-state index contributed by atoms with van der Waals surface area (Å²) in [5, 5.41) is 0.819. The van der Waals surface area contributed by atoms with Crippen molar-refractivity contribution >= 4 is 10.9 Å². The molecule has 3 heteroatoms. The van der Waals surface area contributed by atoms with Crippen LogP contribution in [0, 0.1) is 0 Å². The summed E-state index contributed by atoms with van der Waals surface area (Å²) in [6.45, 7) is -5.17. The summed E-state index contributed by atoms with van der Waals surface area (Å²) in [5.74, 6) is 0.756. The Morgan fingerprint density at radius 2 is 2.26 bits per heavy atom. The van der Waals surface area contributed by atoms with Gasteiger partial charge in [-0.15, -0.1) is 0 Å². The van der Waals surface area contributed by atoms with Crippen LogP contribution in [0.5, 0.6) is 5.75 Å². The van der Waals surface area contributed by atoms with Crippen molar-refractivity contribution in [3.8, 4) is 5.75 Å². The van der Waals surface area contributed by atoms with Gasteiger partial charge >= 0.3 is 0 Å². The van der Waals surface area contributed by atoms with Gasteiger partial charge in [-0.2, -0.15) is 0 Å². The minimum atomic E-state index is -3.00. The van der Waals surface area contributed by atoms with Gasteiger partial charge in [-0.05, 0) is 46.0 Å². The molecule has 3 nitrogen and oxygen atoms in total. The topological polar surface area (TPSA) is 17.4 Å². The second-order valence-electron chi connectivity index (χ2n) is 5.27. The van der Waals surface area contributed by atoms with E-state index in [-0.39, 0.29) is 0 Å². The fraction of sp³-hybridized carbons (Fsp3) is 0.500. The summed E-state index contributed by atoms with van der Waals surface area (Å²) in [4.78, 5) is 0.301. The molecule has 0 N–H and O–H groups in total. The van der Waals surface area contributed by atoms with E-state index in [1.807, 2.05) is 0 Å². The molecular weight excluding hydrogens is 236 g/mol. The fourth-order valence-electron chi connectivity index (χ4n) is 2.36. The van der Waals surface area contributed by atoms with Crippen LogP contribution in [0.25, 0.3) is 10.9 Å². The number of nitrogens with zero attached hydrogens (tertiary/aromatic N) is 2. The highest BCUT2D eigenvalue weighted by atomic mass is 16.5. The number of hydrogen-bond donors (Lipinski definition) is 0. The van der Waals surface area contributed by atoms with Crippen LogP contribution in [0.2, 0.25) is 0 Å². The Bertz CT molecular complexity index is 852. The van der Waals surface area contributed by atoms with Crippen LogP contribution in [-0.2, 0) is 12.9 Å². The maximum Gasteiger partial charge on any atom is 0.123 e. The molecule has 0 unspecified atom stereocenters. The summed E-state index contributed by atoms with van der Waals surface area (Å²) < 4.78 is 70.3. The van der Waals surface area contributed by atoms with E-state index in [0.717, 1.165) is 16.7 Å². The van der Waals surface area contributed by atoms with Crippen LogP contribution in [0.15, 0.2) is 24.4 Å². The van der Waals surface area contributed by atoms with E-state index in [9.17, 15) is 0 Å². The molecule has 1 aliphatic heterocycles. The Morgan fingerprint density at radius 3 is 3.05 bits per heavy atom. The van der Waals surface area contributed by atoms with Gasteiger partial charge in [-0.25, -0.2) is 0 Å². The molecule has 2 heterocycles. The lowest BCUT2D eigenvalue weighted by atomic mass is 10.0. The third-order valence-electron chi connectivity index (χ3n) is 3.50. The molecule has 0 aliphatic carbocycles. The van der Waals surface area contributed by atoms with E-state index >= 15 is 0 Å². The number of ether oxygens (including phenoxy) is 1. The zero-order chi connectivity index (χ0) is 20.4. The van der Waals surface area contributed by atoms with E-state index in [0.29, 0.717) is 23.4 Å². The molecule has 102 valence electrons. The Labute approximate surface area is 126 Å². The molecule has 0 fully saturated rings. The second-order valence-corrected chi connectivity index (χ2v) is 5.27. The average molecular weight is 266 g/mol. The maximum atomic E-state index is 8.71. The van der Waals surface area contributed by atoms with Crippen molar-refractivity contribution in [2.45, 2.75) is 32.3 Å². The van der Waals surface area contributed by atoms with Crippen molar-refractivity contribution in [1.29, 1.82) is 0 Å². The highest BCUT2D eigenvalue weighted by Gasteiger charge is 2.23. The predicted molar refractivity (Wildman–Crippen MR) is 78.9 cm³/mol. The molecule has 0 bridgehead atoms. The molecule has 2 aromatic rings. The minimum Gasteiger partial charge on any atom is -0.493 e. The van der Waals surface area contributed by atoms with Crippen LogP contribution in [0.1, 0.15) is 30.4 Å². The fourth-order valence-corrected chi connectivity index (χ4v) is 2.36. The molecule has 0 amide bonds. The van der Waals surface area contributed by atoms with Gasteiger partial charge in [-0.1, -0.05) is 0 Å². The molecule has 1 aromatic carbocycles. The van der Waals surface area contributed by atoms with Gasteiger partial charge in [0.2, 0.25) is 0 Å². The average Bonchev–Trinajstić information content (AvgIpc) is 3.09. The van der Waals surface area contributed by atoms with E-state index in [1.54, 1.807) is 18.2 Å². The van der Waals surface area contributed by atoms with E-state index in [4.69, 9.17) is 15.7 Å². The van der Waals surface area contributed by atoms with E-state index in [2.05, 4.69) is 0 Å². The van der Waals surface area contributed by atoms with E-state index < -0.39 is 26.0 Å². The van der Waals surface area contributed by atoms with Gasteiger partial charge < -0.3 is 14.2 Å². The Balaban J connectivity index is 2.16. The lowest BCUT2D eigenvalue weighted by molar-refractivity contribution is 0.171. The first-order chi connectivity index (χ1) is 12.2. The summed E-state index contributed by atoms with van der Waals surface area (Å²) in [6, 6.07) is 5.23. The molecule has 0 saturated heterocycles. The lowest BCUT2D eigenvalue weighted by Gasteiger charge is -2.33. The molecule has 3 rings (SSSR count). The zero-order valence-electron chi connectivity index (χ0n) is 19.0. The van der Waals surface area contributed by atoms with Crippen LogP contribution >= 0.6 is 0 Å². The Hall–Kier alpha value is -1.48. The lowest BCUT2D eigenvalue weighted by Crippen LogP contribution is -2.41. The monoisotopic (exact) mass is 266 g/mol. The summed E-state index contributed by atoms with van der Waals surface area (Å²) >= 11 is 0. The van der Waals surface area contributed by atoms with Crippen LogP contribution in [-0.4, -0.2) is 35.6 Å². The van der Waals surface area contributed by atoms with Gasteiger partial charge in [0.1, 0.15) is 5.75 Å². The van der Waals surface area contributed by atoms with Crippen LogP contribution in [0.3, 0.4) is 0 Å². The normalized spacial score (nSPS) is 23.3. The first-order valence-electron chi connectivity index (χ1n) is 10.3. The van der Waals surface area contributed by atoms with Gasteiger partial charge in [0.05, 0.1) is 9.35 Å². The van der Waals surface area contributed by atoms with Crippen molar-refractivity contribution in [3.05, 3.63) is 30.0 Å². The second kappa shape index (κ2) is 4.27. The summed E-state index contributed by atoms with van der Waals surface area (Å²) in [6.07, 6.45) is 2.24. The largest absolute Gasteiger partial charge is 0.493 e. The standard InChI is InChI=1S/C16H22N2O/c1-16(2,17(3)4)11-18-9-7-12-13-8-10-19-15(13)6-5-14(12)18/h5-7,9H,8,10-11H2,1-4H3/i3D3,4D3,11D2. The number of rotatable bonds is 3. The van der Waals surface area contributed by atoms with Gasteiger partial charge in [0, 0.05) is 49.3 Å². The number of aromatic nitrogens is 1. The van der Waals surface area contributed by atoms with Crippen molar-refractivity contribution < 1.29 is 15.7 Å². The molecule has 1 aromatic heterocycles.